The van der Waals surface area contributed by atoms with Gasteiger partial charge in [0.2, 0.25) is 5.91 Å². The van der Waals surface area contributed by atoms with Crippen molar-refractivity contribution in [2.45, 2.75) is 31.3 Å². The van der Waals surface area contributed by atoms with Crippen molar-refractivity contribution < 1.29 is 28.5 Å². The highest BCUT2D eigenvalue weighted by molar-refractivity contribution is 5.89. The predicted molar refractivity (Wildman–Crippen MR) is 131 cm³/mol. The van der Waals surface area contributed by atoms with Crippen LogP contribution in [0.5, 0.6) is 5.88 Å². The number of pyridine rings is 1. The molecule has 0 aliphatic carbocycles. The third-order valence-electron chi connectivity index (χ3n) is 6.49. The molecular weight excluding hydrogens is 465 g/mol. The van der Waals surface area contributed by atoms with Gasteiger partial charge in [-0.3, -0.25) is 4.79 Å². The van der Waals surface area contributed by atoms with E-state index in [0.29, 0.717) is 29.1 Å². The number of H-pyrrole nitrogens is 1. The number of amides is 1. The molecule has 0 spiro atoms. The van der Waals surface area contributed by atoms with E-state index in [9.17, 15) is 14.3 Å². The molecule has 4 heterocycles. The Kier molecular flexibility index (Phi) is 5.67. The SMILES string of the molecule is CC(=O)Nc1ccc(-c2ccc(-c3nc4cc(O[C@@H]5CO[C@H]6[C@@H]5OC[C@H]6O)[nH]c4cc3F)cc2)cc1. The molecule has 3 N–H and O–H groups in total. The molecule has 36 heavy (non-hydrogen) atoms. The molecule has 0 saturated carbocycles. The maximum Gasteiger partial charge on any atom is 0.221 e. The number of rotatable bonds is 5. The van der Waals surface area contributed by atoms with Crippen molar-refractivity contribution in [3.63, 3.8) is 0 Å². The molecule has 4 aromatic rings. The maximum absolute atomic E-state index is 15.0. The first-order valence-corrected chi connectivity index (χ1v) is 11.7. The van der Waals surface area contributed by atoms with Gasteiger partial charge in [-0.1, -0.05) is 36.4 Å². The number of aromatic nitrogens is 2. The summed E-state index contributed by atoms with van der Waals surface area (Å²) in [7, 11) is 0. The highest BCUT2D eigenvalue weighted by Gasteiger charge is 2.48. The zero-order chi connectivity index (χ0) is 24.8. The third-order valence-corrected chi connectivity index (χ3v) is 6.49. The third kappa shape index (κ3) is 4.21. The molecule has 2 aliphatic rings. The second-order valence-corrected chi connectivity index (χ2v) is 9.04. The van der Waals surface area contributed by atoms with E-state index in [1.807, 2.05) is 48.5 Å². The lowest BCUT2D eigenvalue weighted by molar-refractivity contribution is -0.114. The van der Waals surface area contributed by atoms with Crippen LogP contribution in [-0.4, -0.2) is 58.6 Å². The summed E-state index contributed by atoms with van der Waals surface area (Å²) in [4.78, 5) is 18.8. The van der Waals surface area contributed by atoms with Gasteiger partial charge in [-0.05, 0) is 23.3 Å². The van der Waals surface area contributed by atoms with Crippen LogP contribution < -0.4 is 10.1 Å². The van der Waals surface area contributed by atoms with E-state index in [2.05, 4.69) is 15.3 Å². The minimum atomic E-state index is -0.654. The van der Waals surface area contributed by atoms with Gasteiger partial charge in [-0.2, -0.15) is 0 Å². The molecule has 1 amide bonds. The van der Waals surface area contributed by atoms with Gasteiger partial charge in [-0.15, -0.1) is 0 Å². The average Bonchev–Trinajstić information content (AvgIpc) is 3.55. The zero-order valence-electron chi connectivity index (χ0n) is 19.4. The zero-order valence-corrected chi connectivity index (χ0v) is 19.4. The fraction of sp³-hybridized carbons (Fsp3) is 0.259. The summed E-state index contributed by atoms with van der Waals surface area (Å²) < 4.78 is 32.2. The lowest BCUT2D eigenvalue weighted by Gasteiger charge is -2.16. The van der Waals surface area contributed by atoms with E-state index in [0.717, 1.165) is 16.8 Å². The molecule has 2 saturated heterocycles. The van der Waals surface area contributed by atoms with Gasteiger partial charge in [0.1, 0.15) is 24.0 Å². The molecule has 2 fully saturated rings. The molecule has 2 aliphatic heterocycles. The Morgan fingerprint density at radius 2 is 1.69 bits per heavy atom. The van der Waals surface area contributed by atoms with Crippen molar-refractivity contribution in [2.75, 3.05) is 18.5 Å². The summed E-state index contributed by atoms with van der Waals surface area (Å²) >= 11 is 0. The van der Waals surface area contributed by atoms with Gasteiger partial charge in [0.25, 0.3) is 0 Å². The Labute approximate surface area is 206 Å². The van der Waals surface area contributed by atoms with Crippen molar-refractivity contribution in [2.24, 2.45) is 0 Å². The molecule has 2 aromatic heterocycles. The second kappa shape index (κ2) is 9.02. The predicted octanol–water partition coefficient (Wildman–Crippen LogP) is 3.90. The quantitative estimate of drug-likeness (QED) is 0.393. The van der Waals surface area contributed by atoms with Crippen LogP contribution in [0.2, 0.25) is 0 Å². The Hall–Kier alpha value is -3.79. The summed E-state index contributed by atoms with van der Waals surface area (Å²) in [5.74, 6) is -0.135. The largest absolute Gasteiger partial charge is 0.470 e. The molecule has 0 unspecified atom stereocenters. The highest BCUT2D eigenvalue weighted by atomic mass is 19.1. The first-order chi connectivity index (χ1) is 17.4. The van der Waals surface area contributed by atoms with E-state index in [1.54, 1.807) is 6.07 Å². The van der Waals surface area contributed by atoms with E-state index in [4.69, 9.17) is 14.2 Å². The molecular formula is C27H24FN3O5. The molecule has 2 aromatic carbocycles. The first kappa shape index (κ1) is 22.7. The number of hydrogen-bond donors (Lipinski definition) is 3. The van der Waals surface area contributed by atoms with Gasteiger partial charge < -0.3 is 29.6 Å². The number of aliphatic hydroxyl groups excluding tert-OH is 1. The maximum atomic E-state index is 15.0. The van der Waals surface area contributed by atoms with Crippen LogP contribution in [-0.2, 0) is 14.3 Å². The highest BCUT2D eigenvalue weighted by Crippen LogP contribution is 2.32. The number of anilines is 1. The fourth-order valence-corrected chi connectivity index (χ4v) is 4.75. The van der Waals surface area contributed by atoms with Crippen LogP contribution in [0.4, 0.5) is 10.1 Å². The second-order valence-electron chi connectivity index (χ2n) is 9.04. The molecule has 4 atom stereocenters. The normalized spacial score (nSPS) is 23.1. The minimum absolute atomic E-state index is 0.122. The van der Waals surface area contributed by atoms with Crippen LogP contribution in [0, 0.1) is 5.82 Å². The van der Waals surface area contributed by atoms with Crippen LogP contribution in [0.15, 0.2) is 60.7 Å². The van der Waals surface area contributed by atoms with Gasteiger partial charge in [0.15, 0.2) is 17.8 Å². The molecule has 9 heteroatoms. The van der Waals surface area contributed by atoms with Crippen molar-refractivity contribution in [3.8, 4) is 28.3 Å². The number of ether oxygens (including phenoxy) is 3. The van der Waals surface area contributed by atoms with Gasteiger partial charge >= 0.3 is 0 Å². The molecule has 8 nitrogen and oxygen atoms in total. The molecule has 184 valence electrons. The van der Waals surface area contributed by atoms with Crippen LogP contribution in [0.25, 0.3) is 33.4 Å². The number of carbonyl (C=O) groups is 1. The summed E-state index contributed by atoms with van der Waals surface area (Å²) in [5, 5.41) is 12.7. The minimum Gasteiger partial charge on any atom is -0.470 e. The van der Waals surface area contributed by atoms with E-state index in [1.165, 1.54) is 13.0 Å². The van der Waals surface area contributed by atoms with Crippen molar-refractivity contribution in [1.29, 1.82) is 0 Å². The Morgan fingerprint density at radius 1 is 1.03 bits per heavy atom. The van der Waals surface area contributed by atoms with Crippen molar-refractivity contribution >= 4 is 22.6 Å². The van der Waals surface area contributed by atoms with Crippen LogP contribution >= 0.6 is 0 Å². The Bertz CT molecular complexity index is 1420. The van der Waals surface area contributed by atoms with E-state index < -0.39 is 11.9 Å². The number of carbonyl (C=O) groups excluding carboxylic acids is 1. The number of halogens is 1. The van der Waals surface area contributed by atoms with Crippen LogP contribution in [0.3, 0.4) is 0 Å². The molecule has 0 bridgehead atoms. The monoisotopic (exact) mass is 489 g/mol. The Balaban J connectivity index is 1.21. The molecule has 0 radical (unpaired) electrons. The Morgan fingerprint density at radius 3 is 2.42 bits per heavy atom. The van der Waals surface area contributed by atoms with Gasteiger partial charge in [0, 0.05) is 30.3 Å². The van der Waals surface area contributed by atoms with E-state index in [-0.39, 0.29) is 36.5 Å². The number of hydrogen-bond acceptors (Lipinski definition) is 6. The number of nitrogens with zero attached hydrogens (tertiary/aromatic N) is 1. The topological polar surface area (TPSA) is 106 Å². The van der Waals surface area contributed by atoms with Gasteiger partial charge in [-0.25, -0.2) is 9.37 Å². The van der Waals surface area contributed by atoms with Crippen molar-refractivity contribution in [3.05, 3.63) is 66.5 Å². The van der Waals surface area contributed by atoms with E-state index >= 15 is 0 Å². The number of aliphatic hydroxyl groups is 1. The molecule has 6 rings (SSSR count). The summed E-state index contributed by atoms with van der Waals surface area (Å²) in [6, 6.07) is 18.1. The first-order valence-electron chi connectivity index (χ1n) is 11.7. The van der Waals surface area contributed by atoms with Crippen molar-refractivity contribution in [1.82, 2.24) is 9.97 Å². The summed E-state index contributed by atoms with van der Waals surface area (Å²) in [6.45, 7) is 1.99. The number of nitrogens with one attached hydrogen (secondary N) is 2. The van der Waals surface area contributed by atoms with Crippen LogP contribution in [0.1, 0.15) is 6.92 Å². The lowest BCUT2D eigenvalue weighted by atomic mass is 10.0. The van der Waals surface area contributed by atoms with Gasteiger partial charge in [0.05, 0.1) is 24.2 Å². The average molecular weight is 490 g/mol. The number of fused-ring (bicyclic) bond motifs is 2. The smallest absolute Gasteiger partial charge is 0.221 e. The number of benzene rings is 2. The summed E-state index contributed by atoms with van der Waals surface area (Å²) in [6.07, 6.45) is -1.75. The standard InChI is InChI=1S/C27H24FN3O5/c1-14(32)29-18-8-6-16(7-9-18)15-2-4-17(5-3-15)25-19(28)10-20-21(31-25)11-24(30-20)36-23-13-35-26-22(33)12-34-27(23)26/h2-11,22-23,26-27,30,33H,12-13H2,1H3,(H,29,32)/t22-,23-,26-,27-/m1/s1. The lowest BCUT2D eigenvalue weighted by Crippen LogP contribution is -2.34. The number of aromatic amines is 1. The summed E-state index contributed by atoms with van der Waals surface area (Å²) in [5.41, 5.74) is 4.65. The fourth-order valence-electron chi connectivity index (χ4n) is 4.75.